The molecule has 0 saturated carbocycles. The van der Waals surface area contributed by atoms with Crippen LogP contribution in [-0.2, 0) is 28.7 Å². The maximum absolute atomic E-state index is 12.3. The van der Waals surface area contributed by atoms with Crippen LogP contribution in [0, 0.1) is 0 Å². The fraction of sp³-hybridized carbons (Fsp3) is 0.455. The highest BCUT2D eigenvalue weighted by Crippen LogP contribution is 2.25. The molecular weight excluding hydrogens is 689 g/mol. The van der Waals surface area contributed by atoms with Crippen molar-refractivity contribution in [1.82, 2.24) is 20.5 Å². The van der Waals surface area contributed by atoms with E-state index in [-0.39, 0.29) is 35.5 Å². The van der Waals surface area contributed by atoms with E-state index in [4.69, 9.17) is 26.4 Å². The van der Waals surface area contributed by atoms with Crippen LogP contribution in [-0.4, -0.2) is 121 Å². The molecule has 0 radical (unpaired) electrons. The molecule has 276 valence electrons. The number of ether oxygens (including phenoxy) is 2. The van der Waals surface area contributed by atoms with Crippen LogP contribution < -0.4 is 22.1 Å². The number of nitrogens with zero attached hydrogens (tertiary/aromatic N) is 2. The smallest absolute Gasteiger partial charge is 0.339 e. The molecule has 1 aromatic heterocycles. The number of rotatable bonds is 20. The maximum Gasteiger partial charge on any atom is 0.339 e. The summed E-state index contributed by atoms with van der Waals surface area (Å²) >= 11 is 2.91. The third-order valence-corrected chi connectivity index (χ3v) is 8.62. The molecular formula is C33H48N6O9S2. The second-order valence-corrected chi connectivity index (χ2v) is 13.1. The van der Waals surface area contributed by atoms with E-state index in [1.54, 1.807) is 30.0 Å². The molecule has 2 unspecified atom stereocenters. The predicted molar refractivity (Wildman–Crippen MR) is 194 cm³/mol. The lowest BCUT2D eigenvalue weighted by Crippen LogP contribution is -2.43. The number of nitrogens with two attached hydrogens (primary N) is 2. The van der Waals surface area contributed by atoms with Gasteiger partial charge < -0.3 is 46.7 Å². The van der Waals surface area contributed by atoms with Gasteiger partial charge in [0, 0.05) is 49.0 Å². The molecule has 0 aliphatic rings. The molecule has 2 aromatic rings. The van der Waals surface area contributed by atoms with Crippen LogP contribution in [0.2, 0.25) is 0 Å². The summed E-state index contributed by atoms with van der Waals surface area (Å²) < 4.78 is 9.44. The van der Waals surface area contributed by atoms with Gasteiger partial charge in [0.2, 0.25) is 17.7 Å². The van der Waals surface area contributed by atoms with Crippen molar-refractivity contribution in [2.24, 2.45) is 11.5 Å². The number of amides is 3. The molecule has 15 nitrogen and oxygen atoms in total. The third-order valence-electron chi connectivity index (χ3n) is 6.51. The summed E-state index contributed by atoms with van der Waals surface area (Å²) in [6.07, 6.45) is 6.35. The minimum absolute atomic E-state index is 0.164. The summed E-state index contributed by atoms with van der Waals surface area (Å²) in [5, 5.41) is 24.1. The number of hydrogen-bond donors (Lipinski definition) is 6. The quantitative estimate of drug-likeness (QED) is 0.0372. The summed E-state index contributed by atoms with van der Waals surface area (Å²) in [5.74, 6) is -0.723. The largest absolute Gasteiger partial charge is 0.504 e. The normalized spacial score (nSPS) is 12.0. The summed E-state index contributed by atoms with van der Waals surface area (Å²) in [6.45, 7) is 1.44. The fourth-order valence-corrected chi connectivity index (χ4v) is 5.65. The molecule has 1 heterocycles. The van der Waals surface area contributed by atoms with Crippen molar-refractivity contribution in [3.8, 4) is 11.5 Å². The Labute approximate surface area is 300 Å². The molecule has 17 heteroatoms. The summed E-state index contributed by atoms with van der Waals surface area (Å²) in [5.41, 5.74) is 11.7. The number of pyridine rings is 1. The van der Waals surface area contributed by atoms with Gasteiger partial charge in [-0.05, 0) is 62.8 Å². The van der Waals surface area contributed by atoms with Crippen LogP contribution in [0.1, 0.15) is 41.6 Å². The van der Waals surface area contributed by atoms with Gasteiger partial charge in [0.15, 0.2) is 11.5 Å². The number of unbranched alkanes of at least 4 members (excludes halogenated alkanes) is 2. The van der Waals surface area contributed by atoms with E-state index in [2.05, 4.69) is 25.3 Å². The molecule has 3 amide bonds. The Bertz CT molecular complexity index is 1410. The van der Waals surface area contributed by atoms with E-state index in [0.29, 0.717) is 34.9 Å². The van der Waals surface area contributed by atoms with E-state index in [1.807, 2.05) is 14.1 Å². The van der Waals surface area contributed by atoms with Crippen LogP contribution in [0.25, 0.3) is 6.08 Å². The third kappa shape index (κ3) is 19.0. The van der Waals surface area contributed by atoms with Gasteiger partial charge in [-0.2, -0.15) is 11.8 Å². The number of esters is 2. The van der Waals surface area contributed by atoms with Crippen molar-refractivity contribution in [2.75, 3.05) is 58.7 Å². The predicted octanol–water partition coefficient (Wildman–Crippen LogP) is 1.51. The van der Waals surface area contributed by atoms with Gasteiger partial charge >= 0.3 is 11.9 Å². The van der Waals surface area contributed by atoms with Crippen LogP contribution in [0.4, 0.5) is 0 Å². The van der Waals surface area contributed by atoms with Crippen molar-refractivity contribution in [2.45, 2.75) is 42.8 Å². The first-order chi connectivity index (χ1) is 23.8. The SMILES string of the molecule is COC(=O)c1ccc(SCC(NC(=O)CCCCCNC(=O)C(N)CSCCN(C)C)C(=O)OC)nc1.NC(=O)/C=C/c1ccc(O)c(O)c1. The lowest BCUT2D eigenvalue weighted by Gasteiger charge is -2.16. The van der Waals surface area contributed by atoms with Crippen LogP contribution in [0.5, 0.6) is 11.5 Å². The molecule has 2 atom stereocenters. The highest BCUT2D eigenvalue weighted by atomic mass is 32.2. The van der Waals surface area contributed by atoms with Gasteiger partial charge in [0.05, 0.1) is 30.9 Å². The number of methoxy groups -OCH3 is 2. The van der Waals surface area contributed by atoms with Crippen LogP contribution >= 0.6 is 23.5 Å². The second kappa shape index (κ2) is 24.8. The first-order valence-corrected chi connectivity index (χ1v) is 17.7. The molecule has 0 spiro atoms. The zero-order valence-corrected chi connectivity index (χ0v) is 30.4. The summed E-state index contributed by atoms with van der Waals surface area (Å²) in [6, 6.07) is 6.06. The van der Waals surface area contributed by atoms with Crippen LogP contribution in [0.3, 0.4) is 0 Å². The molecule has 2 rings (SSSR count). The Morgan fingerprint density at radius 1 is 1.00 bits per heavy atom. The summed E-state index contributed by atoms with van der Waals surface area (Å²) in [4.78, 5) is 64.6. The zero-order valence-electron chi connectivity index (χ0n) is 28.8. The molecule has 1 aromatic carbocycles. The number of aromatic nitrogens is 1. The monoisotopic (exact) mass is 736 g/mol. The standard InChI is InChI=1S/C24H39N5O6S2.C9H9NO3/c1-29(2)12-13-36-15-18(25)22(31)26-11-7-5-6-8-20(30)28-19(24(33)35-4)16-37-21-10-9-17(14-27-21)23(32)34-3;10-9(13)4-2-6-1-3-7(11)8(12)5-6/h9-10,14,18-19H,5-8,11-13,15-16,25H2,1-4H3,(H,26,31)(H,28,30);1-5,11-12H,(H2,10,13)/b;4-2+. The number of nitrogens with one attached hydrogen (secondary N) is 2. The molecule has 0 aliphatic heterocycles. The average Bonchev–Trinajstić information content (AvgIpc) is 3.09. The maximum atomic E-state index is 12.3. The molecule has 50 heavy (non-hydrogen) atoms. The Balaban J connectivity index is 0.000000799. The number of phenolic OH excluding ortho intramolecular Hbond substituents is 2. The van der Waals surface area contributed by atoms with Gasteiger partial charge in [-0.15, -0.1) is 11.8 Å². The minimum atomic E-state index is -0.832. The number of aromatic hydroxyl groups is 2. The second-order valence-electron chi connectivity index (χ2n) is 10.9. The van der Waals surface area contributed by atoms with Gasteiger partial charge in [-0.1, -0.05) is 12.5 Å². The van der Waals surface area contributed by atoms with Crippen molar-refractivity contribution < 1.29 is 43.7 Å². The van der Waals surface area contributed by atoms with Crippen molar-refractivity contribution in [3.05, 3.63) is 53.7 Å². The molecule has 0 bridgehead atoms. The van der Waals surface area contributed by atoms with E-state index >= 15 is 0 Å². The Hall–Kier alpha value is -4.32. The van der Waals surface area contributed by atoms with Gasteiger partial charge in [-0.25, -0.2) is 14.6 Å². The highest BCUT2D eigenvalue weighted by molar-refractivity contribution is 7.99. The Morgan fingerprint density at radius 2 is 1.74 bits per heavy atom. The summed E-state index contributed by atoms with van der Waals surface area (Å²) in [7, 11) is 6.56. The lowest BCUT2D eigenvalue weighted by molar-refractivity contribution is -0.144. The first kappa shape index (κ1) is 43.7. The number of carbonyl (C=O) groups is 5. The van der Waals surface area contributed by atoms with Crippen molar-refractivity contribution >= 4 is 59.3 Å². The number of carbonyl (C=O) groups excluding carboxylic acids is 5. The fourth-order valence-electron chi connectivity index (χ4n) is 3.74. The average molecular weight is 737 g/mol. The first-order valence-electron chi connectivity index (χ1n) is 15.6. The number of primary amides is 1. The van der Waals surface area contributed by atoms with E-state index < -0.39 is 29.9 Å². The molecule has 8 N–H and O–H groups in total. The van der Waals surface area contributed by atoms with Crippen molar-refractivity contribution in [3.63, 3.8) is 0 Å². The highest BCUT2D eigenvalue weighted by Gasteiger charge is 2.22. The topological polar surface area (TPSA) is 236 Å². The van der Waals surface area contributed by atoms with E-state index in [1.165, 1.54) is 56.5 Å². The number of hydrogen-bond acceptors (Lipinski definition) is 14. The molecule has 0 aliphatic carbocycles. The number of benzene rings is 1. The van der Waals surface area contributed by atoms with Crippen LogP contribution in [0.15, 0.2) is 47.6 Å². The zero-order chi connectivity index (χ0) is 37.5. The lowest BCUT2D eigenvalue weighted by atomic mass is 10.1. The number of thioether (sulfide) groups is 2. The van der Waals surface area contributed by atoms with E-state index in [0.717, 1.165) is 25.1 Å². The van der Waals surface area contributed by atoms with Gasteiger partial charge in [0.1, 0.15) is 6.04 Å². The number of phenols is 2. The van der Waals surface area contributed by atoms with Gasteiger partial charge in [-0.3, -0.25) is 14.4 Å². The molecule has 0 fully saturated rings. The molecule has 0 saturated heterocycles. The Kier molecular flexibility index (Phi) is 21.6. The minimum Gasteiger partial charge on any atom is -0.504 e. The van der Waals surface area contributed by atoms with E-state index in [9.17, 15) is 24.0 Å². The van der Waals surface area contributed by atoms with Crippen molar-refractivity contribution in [1.29, 1.82) is 0 Å². The Morgan fingerprint density at radius 3 is 2.34 bits per heavy atom. The van der Waals surface area contributed by atoms with Gasteiger partial charge in [0.25, 0.3) is 0 Å².